The van der Waals surface area contributed by atoms with E-state index < -0.39 is 6.36 Å². The molecule has 3 unspecified atom stereocenters. The highest BCUT2D eigenvalue weighted by Gasteiger charge is 2.43. The SMILES string of the molecule is OC(F)C1CC1c1ccc(Br)cc1. The summed E-state index contributed by atoms with van der Waals surface area (Å²) in [6, 6.07) is 7.82. The molecule has 70 valence electrons. The van der Waals surface area contributed by atoms with E-state index in [1.54, 1.807) is 0 Å². The van der Waals surface area contributed by atoms with Gasteiger partial charge < -0.3 is 5.11 Å². The maximum absolute atomic E-state index is 12.4. The Hall–Kier alpha value is -0.410. The number of rotatable bonds is 2. The van der Waals surface area contributed by atoms with E-state index in [1.165, 1.54) is 0 Å². The van der Waals surface area contributed by atoms with Gasteiger partial charge in [-0.1, -0.05) is 28.1 Å². The van der Waals surface area contributed by atoms with Gasteiger partial charge in [0.2, 0.25) is 0 Å². The normalized spacial score (nSPS) is 28.5. The van der Waals surface area contributed by atoms with Crippen LogP contribution in [-0.2, 0) is 0 Å². The third kappa shape index (κ3) is 1.92. The van der Waals surface area contributed by atoms with Gasteiger partial charge in [-0.15, -0.1) is 0 Å². The summed E-state index contributed by atoms with van der Waals surface area (Å²) >= 11 is 3.34. The molecule has 0 spiro atoms. The Labute approximate surface area is 84.7 Å². The minimum atomic E-state index is -1.66. The lowest BCUT2D eigenvalue weighted by Gasteiger charge is -2.00. The number of aliphatic hydroxyl groups is 1. The summed E-state index contributed by atoms with van der Waals surface area (Å²) in [6.07, 6.45) is -0.895. The van der Waals surface area contributed by atoms with Crippen LogP contribution >= 0.6 is 15.9 Å². The zero-order valence-corrected chi connectivity index (χ0v) is 8.54. The lowest BCUT2D eigenvalue weighted by molar-refractivity contribution is 0.0203. The van der Waals surface area contributed by atoms with Crippen molar-refractivity contribution in [3.8, 4) is 0 Å². The number of halogens is 2. The summed E-state index contributed by atoms with van der Waals surface area (Å²) in [6.45, 7) is 0. The van der Waals surface area contributed by atoms with Crippen molar-refractivity contribution in [3.63, 3.8) is 0 Å². The molecule has 1 fully saturated rings. The van der Waals surface area contributed by atoms with Crippen LogP contribution in [0.3, 0.4) is 0 Å². The Balaban J connectivity index is 2.08. The van der Waals surface area contributed by atoms with Crippen LogP contribution in [0.15, 0.2) is 28.7 Å². The van der Waals surface area contributed by atoms with Crippen LogP contribution in [0.4, 0.5) is 4.39 Å². The number of benzene rings is 1. The molecule has 2 rings (SSSR count). The van der Waals surface area contributed by atoms with E-state index in [9.17, 15) is 4.39 Å². The molecule has 1 aliphatic carbocycles. The lowest BCUT2D eigenvalue weighted by Crippen LogP contribution is -2.01. The first-order chi connectivity index (χ1) is 6.18. The molecule has 0 amide bonds. The monoisotopic (exact) mass is 244 g/mol. The van der Waals surface area contributed by atoms with Crippen molar-refractivity contribution in [3.05, 3.63) is 34.3 Å². The summed E-state index contributed by atoms with van der Waals surface area (Å²) in [5, 5.41) is 8.70. The van der Waals surface area contributed by atoms with Crippen molar-refractivity contribution in [2.45, 2.75) is 18.7 Å². The number of aliphatic hydroxyl groups excluding tert-OH is 1. The molecule has 1 N–H and O–H groups in total. The van der Waals surface area contributed by atoms with E-state index in [1.807, 2.05) is 24.3 Å². The van der Waals surface area contributed by atoms with E-state index in [4.69, 9.17) is 5.11 Å². The van der Waals surface area contributed by atoms with E-state index in [-0.39, 0.29) is 11.8 Å². The molecule has 1 aliphatic rings. The van der Waals surface area contributed by atoms with Crippen LogP contribution < -0.4 is 0 Å². The minimum absolute atomic E-state index is 0.179. The Morgan fingerprint density at radius 1 is 1.38 bits per heavy atom. The molecule has 1 aromatic carbocycles. The summed E-state index contributed by atoms with van der Waals surface area (Å²) in [5.74, 6) is 0.0364. The molecule has 1 saturated carbocycles. The third-order valence-electron chi connectivity index (χ3n) is 2.49. The molecule has 0 aliphatic heterocycles. The van der Waals surface area contributed by atoms with Crippen molar-refractivity contribution in [1.82, 2.24) is 0 Å². The van der Waals surface area contributed by atoms with Crippen LogP contribution in [0, 0.1) is 5.92 Å². The summed E-state index contributed by atoms with van der Waals surface area (Å²) < 4.78 is 13.5. The first-order valence-corrected chi connectivity index (χ1v) is 5.05. The fourth-order valence-electron chi connectivity index (χ4n) is 1.61. The smallest absolute Gasteiger partial charge is 0.199 e. The van der Waals surface area contributed by atoms with Crippen molar-refractivity contribution >= 4 is 15.9 Å². The Kier molecular flexibility index (Phi) is 2.39. The number of hydrogen-bond donors (Lipinski definition) is 1. The van der Waals surface area contributed by atoms with Gasteiger partial charge in [-0.25, -0.2) is 4.39 Å². The quantitative estimate of drug-likeness (QED) is 0.849. The maximum atomic E-state index is 12.4. The van der Waals surface area contributed by atoms with Gasteiger partial charge in [0.05, 0.1) is 0 Å². The van der Waals surface area contributed by atoms with Gasteiger partial charge >= 0.3 is 0 Å². The predicted molar refractivity (Wildman–Crippen MR) is 52.1 cm³/mol. The highest BCUT2D eigenvalue weighted by molar-refractivity contribution is 9.10. The van der Waals surface area contributed by atoms with Crippen LogP contribution in [0.5, 0.6) is 0 Å². The molecule has 0 bridgehead atoms. The number of alkyl halides is 1. The number of hydrogen-bond acceptors (Lipinski definition) is 1. The molecule has 0 radical (unpaired) electrons. The molecular formula is C10H10BrFO. The first kappa shape index (κ1) is 9.16. The second kappa shape index (κ2) is 3.39. The predicted octanol–water partition coefficient (Wildman–Crippen LogP) is 2.84. The second-order valence-electron chi connectivity index (χ2n) is 3.43. The summed E-state index contributed by atoms with van der Waals surface area (Å²) in [4.78, 5) is 0. The average molecular weight is 245 g/mol. The third-order valence-corrected chi connectivity index (χ3v) is 3.02. The summed E-state index contributed by atoms with van der Waals surface area (Å²) in [5.41, 5.74) is 1.12. The van der Waals surface area contributed by atoms with E-state index in [2.05, 4.69) is 15.9 Å². The van der Waals surface area contributed by atoms with Gasteiger partial charge in [0.1, 0.15) is 0 Å². The highest BCUT2D eigenvalue weighted by Crippen LogP contribution is 2.49. The van der Waals surface area contributed by atoms with Crippen molar-refractivity contribution in [2.24, 2.45) is 5.92 Å². The maximum Gasteiger partial charge on any atom is 0.199 e. The second-order valence-corrected chi connectivity index (χ2v) is 4.35. The largest absolute Gasteiger partial charge is 0.364 e. The van der Waals surface area contributed by atoms with Crippen LogP contribution in [0.25, 0.3) is 0 Å². The minimum Gasteiger partial charge on any atom is -0.364 e. The highest BCUT2D eigenvalue weighted by atomic mass is 79.9. The van der Waals surface area contributed by atoms with Gasteiger partial charge in [-0.3, -0.25) is 0 Å². The zero-order valence-electron chi connectivity index (χ0n) is 6.95. The van der Waals surface area contributed by atoms with Gasteiger partial charge in [0, 0.05) is 10.4 Å². The van der Waals surface area contributed by atoms with Crippen LogP contribution in [0.2, 0.25) is 0 Å². The Morgan fingerprint density at radius 2 is 2.00 bits per heavy atom. The molecule has 3 atom stereocenters. The Bertz CT molecular complexity index is 296. The summed E-state index contributed by atoms with van der Waals surface area (Å²) in [7, 11) is 0. The van der Waals surface area contributed by atoms with E-state index in [0.717, 1.165) is 16.5 Å². The van der Waals surface area contributed by atoms with Crippen molar-refractivity contribution in [2.75, 3.05) is 0 Å². The van der Waals surface area contributed by atoms with Gasteiger partial charge in [0.15, 0.2) is 6.36 Å². The zero-order chi connectivity index (χ0) is 9.42. The molecule has 0 heterocycles. The first-order valence-electron chi connectivity index (χ1n) is 4.26. The standard InChI is InChI=1S/C10H10BrFO/c11-7-3-1-6(2-4-7)8-5-9(8)10(12)13/h1-4,8-10,13H,5H2. The van der Waals surface area contributed by atoms with Gasteiger partial charge in [-0.2, -0.15) is 0 Å². The molecule has 1 nitrogen and oxygen atoms in total. The molecule has 0 saturated heterocycles. The lowest BCUT2D eigenvalue weighted by atomic mass is 10.1. The topological polar surface area (TPSA) is 20.2 Å². The molecule has 0 aromatic heterocycles. The van der Waals surface area contributed by atoms with Crippen molar-refractivity contribution < 1.29 is 9.50 Å². The van der Waals surface area contributed by atoms with Gasteiger partial charge in [0.25, 0.3) is 0 Å². The van der Waals surface area contributed by atoms with Crippen LogP contribution in [0.1, 0.15) is 17.9 Å². The molecule has 1 aromatic rings. The fraction of sp³-hybridized carbons (Fsp3) is 0.400. The molecule has 13 heavy (non-hydrogen) atoms. The molecular weight excluding hydrogens is 235 g/mol. The molecule has 3 heteroatoms. The Morgan fingerprint density at radius 3 is 2.46 bits per heavy atom. The van der Waals surface area contributed by atoms with E-state index >= 15 is 0 Å². The van der Waals surface area contributed by atoms with Crippen molar-refractivity contribution in [1.29, 1.82) is 0 Å². The van der Waals surface area contributed by atoms with Gasteiger partial charge in [-0.05, 0) is 30.0 Å². The average Bonchev–Trinajstić information content (AvgIpc) is 2.85. The fourth-order valence-corrected chi connectivity index (χ4v) is 1.88. The van der Waals surface area contributed by atoms with E-state index in [0.29, 0.717) is 0 Å². The van der Waals surface area contributed by atoms with Crippen LogP contribution in [-0.4, -0.2) is 11.5 Å².